The monoisotopic (exact) mass is 813 g/mol. The molecule has 0 radical (unpaired) electrons. The molecule has 0 N–H and O–H groups in total. The third kappa shape index (κ3) is 6.79. The largest absolute Gasteiger partial charge is 0.252 e. The van der Waals surface area contributed by atoms with Gasteiger partial charge in [-0.3, -0.25) is 4.99 Å². The van der Waals surface area contributed by atoms with E-state index < -0.39 is 0 Å². The Morgan fingerprint density at radius 1 is 0.297 bits per heavy atom. The van der Waals surface area contributed by atoms with E-state index in [1.54, 1.807) is 0 Å². The van der Waals surface area contributed by atoms with Crippen molar-refractivity contribution < 1.29 is 0 Å². The first-order valence-corrected chi connectivity index (χ1v) is 22.3. The van der Waals surface area contributed by atoms with Crippen molar-refractivity contribution in [1.29, 1.82) is 0 Å². The highest BCUT2D eigenvalue weighted by molar-refractivity contribution is 6.22. The molecule has 1 unspecified atom stereocenters. The molecule has 1 aliphatic rings. The number of hydrogen-bond donors (Lipinski definition) is 0. The summed E-state index contributed by atoms with van der Waals surface area (Å²) in [5.74, 6) is 0.205. The zero-order chi connectivity index (χ0) is 42.4. The van der Waals surface area contributed by atoms with E-state index in [-0.39, 0.29) is 5.92 Å². The molecule has 12 rings (SSSR count). The van der Waals surface area contributed by atoms with Crippen LogP contribution in [-0.4, -0.2) is 5.71 Å². The Morgan fingerprint density at radius 3 is 1.33 bits per heavy atom. The van der Waals surface area contributed by atoms with Gasteiger partial charge in [-0.1, -0.05) is 218 Å². The van der Waals surface area contributed by atoms with Gasteiger partial charge in [-0.05, 0) is 135 Å². The molecule has 0 fully saturated rings. The highest BCUT2D eigenvalue weighted by atomic mass is 14.8. The first-order valence-electron chi connectivity index (χ1n) is 22.3. The van der Waals surface area contributed by atoms with Crippen molar-refractivity contribution in [2.75, 3.05) is 0 Å². The first kappa shape index (κ1) is 37.6. The van der Waals surface area contributed by atoms with Crippen molar-refractivity contribution in [3.63, 3.8) is 0 Å². The zero-order valence-corrected chi connectivity index (χ0v) is 35.3. The Balaban J connectivity index is 0.961. The van der Waals surface area contributed by atoms with Crippen LogP contribution in [0.1, 0.15) is 22.6 Å². The lowest BCUT2D eigenvalue weighted by Gasteiger charge is -2.20. The molecule has 0 saturated carbocycles. The maximum Gasteiger partial charge on any atom is 0.0678 e. The van der Waals surface area contributed by atoms with Crippen molar-refractivity contribution in [3.8, 4) is 55.6 Å². The van der Waals surface area contributed by atoms with E-state index in [9.17, 15) is 0 Å². The first-order chi connectivity index (χ1) is 31.7. The van der Waals surface area contributed by atoms with Gasteiger partial charge in [0.15, 0.2) is 0 Å². The van der Waals surface area contributed by atoms with Gasteiger partial charge in [-0.15, -0.1) is 0 Å². The second-order valence-corrected chi connectivity index (χ2v) is 17.0. The van der Waals surface area contributed by atoms with Crippen LogP contribution in [0.15, 0.2) is 248 Å². The van der Waals surface area contributed by atoms with Crippen molar-refractivity contribution >= 4 is 43.7 Å². The topological polar surface area (TPSA) is 12.4 Å². The Morgan fingerprint density at radius 2 is 0.734 bits per heavy atom. The van der Waals surface area contributed by atoms with Crippen LogP contribution < -0.4 is 0 Å². The third-order valence-corrected chi connectivity index (χ3v) is 13.2. The molecule has 0 bridgehead atoms. The number of aliphatic imine (C=N–C) groups is 1. The van der Waals surface area contributed by atoms with Crippen LogP contribution in [0.2, 0.25) is 0 Å². The molecule has 0 aromatic heterocycles. The molecule has 1 nitrogen and oxygen atoms in total. The Labute approximate surface area is 374 Å². The van der Waals surface area contributed by atoms with Crippen LogP contribution >= 0.6 is 0 Å². The maximum atomic E-state index is 5.31. The van der Waals surface area contributed by atoms with E-state index in [2.05, 4.69) is 243 Å². The molecule has 0 saturated heterocycles. The Bertz CT molecular complexity index is 3530. The molecule has 1 heteroatoms. The van der Waals surface area contributed by atoms with E-state index in [0.717, 1.165) is 17.8 Å². The molecule has 1 atom stereocenters. The maximum absolute atomic E-state index is 5.31. The van der Waals surface area contributed by atoms with Gasteiger partial charge in [0.2, 0.25) is 0 Å². The van der Waals surface area contributed by atoms with Gasteiger partial charge in [0.1, 0.15) is 0 Å². The van der Waals surface area contributed by atoms with Gasteiger partial charge in [0.25, 0.3) is 0 Å². The minimum atomic E-state index is 0.205. The number of fused-ring (bicyclic) bond motifs is 4. The van der Waals surface area contributed by atoms with Gasteiger partial charge in [0.05, 0.1) is 11.4 Å². The van der Waals surface area contributed by atoms with E-state index in [1.165, 1.54) is 105 Å². The van der Waals surface area contributed by atoms with Crippen LogP contribution in [0, 0.1) is 0 Å². The van der Waals surface area contributed by atoms with Crippen molar-refractivity contribution in [2.45, 2.75) is 12.3 Å². The van der Waals surface area contributed by atoms with E-state index >= 15 is 0 Å². The van der Waals surface area contributed by atoms with Gasteiger partial charge in [-0.2, -0.15) is 0 Å². The minimum absolute atomic E-state index is 0.205. The number of hydrogen-bond acceptors (Lipinski definition) is 1. The Hall–Kier alpha value is -8.13. The molecule has 11 aromatic carbocycles. The van der Waals surface area contributed by atoms with Crippen LogP contribution in [0.5, 0.6) is 0 Å². The number of rotatable bonds is 8. The fourth-order valence-electron chi connectivity index (χ4n) is 10.0. The summed E-state index contributed by atoms with van der Waals surface area (Å²) >= 11 is 0. The van der Waals surface area contributed by atoms with E-state index in [4.69, 9.17) is 4.99 Å². The predicted octanol–water partition coefficient (Wildman–Crippen LogP) is 16.9. The summed E-state index contributed by atoms with van der Waals surface area (Å²) in [6, 6.07) is 88.8. The third-order valence-electron chi connectivity index (χ3n) is 13.2. The summed E-state index contributed by atoms with van der Waals surface area (Å²) in [6.45, 7) is 0. The molecular weight excluding hydrogens is 771 g/mol. The SMILES string of the molecule is c1ccc(CC2C(c3ccccc3)=Nc3cc(-c4ccc(-c5ccc6c(-c7ccccc7)c7cc(-c8ccc9ccccc9c8)ccc7c(-c7ccccc7)c6c5)cc4)ccc32)cc1. The molecule has 64 heavy (non-hydrogen) atoms. The van der Waals surface area contributed by atoms with Gasteiger partial charge in [0, 0.05) is 5.92 Å². The van der Waals surface area contributed by atoms with Crippen molar-refractivity contribution in [2.24, 2.45) is 4.99 Å². The molecule has 0 spiro atoms. The fraction of sp³-hybridized carbons (Fsp3) is 0.0317. The Kier molecular flexibility index (Phi) is 9.38. The number of nitrogens with zero attached hydrogens (tertiary/aromatic N) is 1. The minimum Gasteiger partial charge on any atom is -0.252 e. The van der Waals surface area contributed by atoms with Gasteiger partial charge in [-0.25, -0.2) is 0 Å². The summed E-state index contributed by atoms with van der Waals surface area (Å²) in [7, 11) is 0. The quantitative estimate of drug-likeness (QED) is 0.136. The molecule has 300 valence electrons. The molecule has 1 heterocycles. The number of benzene rings is 11. The molecule has 0 aliphatic carbocycles. The average molecular weight is 814 g/mol. The highest BCUT2D eigenvalue weighted by Gasteiger charge is 2.29. The molecule has 1 aliphatic heterocycles. The molecule has 0 amide bonds. The summed E-state index contributed by atoms with van der Waals surface area (Å²) in [5.41, 5.74) is 18.1. The summed E-state index contributed by atoms with van der Waals surface area (Å²) < 4.78 is 0. The predicted molar refractivity (Wildman–Crippen MR) is 272 cm³/mol. The van der Waals surface area contributed by atoms with Gasteiger partial charge >= 0.3 is 0 Å². The summed E-state index contributed by atoms with van der Waals surface area (Å²) in [4.78, 5) is 5.31. The standard InChI is InChI=1S/C63H43N/c1-5-15-42(16-6-1)37-59-54-34-31-53(41-60(54)64-63(59)48-22-11-4-12-23-48)45-27-25-44(26-28-45)51-32-35-55-57(39-51)61(46-18-7-2-8-19-46)56-36-33-52(40-58(56)62(55)47-20-9-3-10-21-47)50-30-29-43-17-13-14-24-49(43)38-50/h1-36,38-41,59H,37H2. The van der Waals surface area contributed by atoms with E-state index in [0.29, 0.717) is 0 Å². The lowest BCUT2D eigenvalue weighted by Crippen LogP contribution is -2.12. The van der Waals surface area contributed by atoms with Crippen LogP contribution in [-0.2, 0) is 6.42 Å². The lowest BCUT2D eigenvalue weighted by molar-refractivity contribution is 0.897. The van der Waals surface area contributed by atoms with Crippen LogP contribution in [0.3, 0.4) is 0 Å². The molecular formula is C63H43N. The summed E-state index contributed by atoms with van der Waals surface area (Å²) in [5, 5.41) is 7.49. The molecule has 11 aromatic rings. The van der Waals surface area contributed by atoms with Crippen molar-refractivity contribution in [3.05, 3.63) is 259 Å². The zero-order valence-electron chi connectivity index (χ0n) is 35.3. The second kappa shape index (κ2) is 16.0. The normalized spacial score (nSPS) is 13.3. The average Bonchev–Trinajstić information content (AvgIpc) is 3.73. The summed E-state index contributed by atoms with van der Waals surface area (Å²) in [6.07, 6.45) is 0.919. The van der Waals surface area contributed by atoms with Crippen molar-refractivity contribution in [1.82, 2.24) is 0 Å². The second-order valence-electron chi connectivity index (χ2n) is 17.0. The van der Waals surface area contributed by atoms with E-state index in [1.807, 2.05) is 0 Å². The fourth-order valence-corrected chi connectivity index (χ4v) is 10.0. The lowest BCUT2D eigenvalue weighted by atomic mass is 9.83. The van der Waals surface area contributed by atoms with Crippen LogP contribution in [0.4, 0.5) is 5.69 Å². The van der Waals surface area contributed by atoms with Gasteiger partial charge < -0.3 is 0 Å². The highest BCUT2D eigenvalue weighted by Crippen LogP contribution is 2.47. The smallest absolute Gasteiger partial charge is 0.0678 e. The van der Waals surface area contributed by atoms with Crippen LogP contribution in [0.25, 0.3) is 88.0 Å².